The molecule has 1 aromatic rings. The maximum absolute atomic E-state index is 12.0. The highest BCUT2D eigenvalue weighted by atomic mass is 16.1. The number of hydrogen-bond acceptors (Lipinski definition) is 6. The molecule has 0 bridgehead atoms. The van der Waals surface area contributed by atoms with Gasteiger partial charge in [0.25, 0.3) is 5.91 Å². The lowest BCUT2D eigenvalue weighted by Crippen LogP contribution is -2.46. The van der Waals surface area contributed by atoms with Gasteiger partial charge in [0.2, 0.25) is 0 Å². The van der Waals surface area contributed by atoms with Gasteiger partial charge in [0.15, 0.2) is 0 Å². The van der Waals surface area contributed by atoms with Crippen molar-refractivity contribution in [3.63, 3.8) is 0 Å². The molecule has 7 heteroatoms. The Morgan fingerprint density at radius 1 is 1.48 bits per heavy atom. The molecule has 2 heterocycles. The normalized spacial score (nSPS) is 15.7. The first kappa shape index (κ1) is 16.9. The predicted molar refractivity (Wildman–Crippen MR) is 87.1 cm³/mol. The number of carbonyl (C=O) groups is 1. The van der Waals surface area contributed by atoms with Crippen LogP contribution in [-0.4, -0.2) is 55.1 Å². The van der Waals surface area contributed by atoms with E-state index >= 15 is 0 Å². The summed E-state index contributed by atoms with van der Waals surface area (Å²) in [7, 11) is 0. The molecular weight excluding hydrogens is 292 g/mol. The number of nitrogens with zero attached hydrogens (tertiary/aromatic N) is 3. The average molecular weight is 314 g/mol. The molecule has 3 N–H and O–H groups in total. The van der Waals surface area contributed by atoms with Crippen molar-refractivity contribution in [1.82, 2.24) is 25.8 Å². The summed E-state index contributed by atoms with van der Waals surface area (Å²) in [5.74, 6) is -0.346. The lowest BCUT2D eigenvalue weighted by atomic mass is 10.2. The number of nitriles is 1. The van der Waals surface area contributed by atoms with Crippen molar-refractivity contribution in [3.05, 3.63) is 41.9 Å². The van der Waals surface area contributed by atoms with Gasteiger partial charge >= 0.3 is 0 Å². The van der Waals surface area contributed by atoms with E-state index in [-0.39, 0.29) is 11.5 Å². The third-order valence-corrected chi connectivity index (χ3v) is 3.56. The van der Waals surface area contributed by atoms with Crippen molar-refractivity contribution in [3.8, 4) is 6.07 Å². The molecule has 1 amide bonds. The number of nitrogens with one attached hydrogen (secondary N) is 3. The van der Waals surface area contributed by atoms with Gasteiger partial charge in [-0.25, -0.2) is 0 Å². The first-order valence-electron chi connectivity index (χ1n) is 7.73. The summed E-state index contributed by atoms with van der Waals surface area (Å²) in [6.07, 6.45) is 4.89. The minimum atomic E-state index is -0.346. The SMILES string of the molecule is N#C/C(=C/NCc1cccnc1)C(=O)NCCN1CCNCC1. The zero-order valence-electron chi connectivity index (χ0n) is 13.1. The molecule has 0 atom stereocenters. The predicted octanol–water partition coefficient (Wildman–Crippen LogP) is -0.400. The smallest absolute Gasteiger partial charge is 0.263 e. The summed E-state index contributed by atoms with van der Waals surface area (Å²) >= 11 is 0. The average Bonchev–Trinajstić information content (AvgIpc) is 2.60. The standard InChI is InChI=1S/C16H22N6O/c17-10-15(13-20-12-14-2-1-3-19-11-14)16(23)21-6-9-22-7-4-18-5-8-22/h1-3,11,13,18,20H,4-9,12H2,(H,21,23)/b15-13-. The Hall–Kier alpha value is -2.43. The van der Waals surface area contributed by atoms with Crippen LogP contribution in [0.3, 0.4) is 0 Å². The van der Waals surface area contributed by atoms with E-state index in [0.29, 0.717) is 13.1 Å². The molecule has 0 aliphatic carbocycles. The number of rotatable bonds is 7. The highest BCUT2D eigenvalue weighted by Gasteiger charge is 2.11. The molecule has 7 nitrogen and oxygen atoms in total. The van der Waals surface area contributed by atoms with Crippen LogP contribution in [0.2, 0.25) is 0 Å². The molecule has 122 valence electrons. The van der Waals surface area contributed by atoms with Crippen molar-refractivity contribution in [1.29, 1.82) is 5.26 Å². The molecule has 1 aromatic heterocycles. The minimum absolute atomic E-state index is 0.0780. The maximum Gasteiger partial charge on any atom is 0.263 e. The Kier molecular flexibility index (Phi) is 7.04. The van der Waals surface area contributed by atoms with Gasteiger partial charge < -0.3 is 16.0 Å². The largest absolute Gasteiger partial charge is 0.386 e. The Morgan fingerprint density at radius 2 is 2.30 bits per heavy atom. The van der Waals surface area contributed by atoms with Gasteiger partial charge in [-0.1, -0.05) is 6.07 Å². The van der Waals surface area contributed by atoms with E-state index in [1.54, 1.807) is 12.4 Å². The quantitative estimate of drug-likeness (QED) is 0.468. The van der Waals surface area contributed by atoms with Crippen LogP contribution in [0.4, 0.5) is 0 Å². The first-order valence-corrected chi connectivity index (χ1v) is 7.73. The monoisotopic (exact) mass is 314 g/mol. The van der Waals surface area contributed by atoms with Crippen LogP contribution in [0.5, 0.6) is 0 Å². The molecule has 0 spiro atoms. The lowest BCUT2D eigenvalue weighted by Gasteiger charge is -2.27. The van der Waals surface area contributed by atoms with Crippen molar-refractivity contribution in [2.45, 2.75) is 6.54 Å². The summed E-state index contributed by atoms with van der Waals surface area (Å²) in [5, 5.41) is 18.1. The molecule has 1 fully saturated rings. The van der Waals surface area contributed by atoms with Gasteiger partial charge in [0.05, 0.1) is 0 Å². The first-order chi connectivity index (χ1) is 11.3. The number of piperazine rings is 1. The van der Waals surface area contributed by atoms with Crippen LogP contribution in [0, 0.1) is 11.3 Å². The molecule has 23 heavy (non-hydrogen) atoms. The van der Waals surface area contributed by atoms with Gasteiger partial charge in [-0.2, -0.15) is 5.26 Å². The summed E-state index contributed by atoms with van der Waals surface area (Å²) in [6.45, 7) is 5.81. The minimum Gasteiger partial charge on any atom is -0.386 e. The number of aromatic nitrogens is 1. The van der Waals surface area contributed by atoms with E-state index in [9.17, 15) is 4.79 Å². The fourth-order valence-electron chi connectivity index (χ4n) is 2.28. The van der Waals surface area contributed by atoms with E-state index < -0.39 is 0 Å². The third kappa shape index (κ3) is 6.06. The zero-order chi connectivity index (χ0) is 16.3. The van der Waals surface area contributed by atoms with Crippen LogP contribution in [0.15, 0.2) is 36.3 Å². The van der Waals surface area contributed by atoms with E-state index in [0.717, 1.165) is 38.3 Å². The van der Waals surface area contributed by atoms with Crippen LogP contribution in [0.25, 0.3) is 0 Å². The molecule has 0 aromatic carbocycles. The van der Waals surface area contributed by atoms with Gasteiger partial charge in [0.1, 0.15) is 11.6 Å². The van der Waals surface area contributed by atoms with E-state index in [4.69, 9.17) is 5.26 Å². The number of carbonyl (C=O) groups excluding carboxylic acids is 1. The van der Waals surface area contributed by atoms with Gasteiger partial charge in [-0.15, -0.1) is 0 Å². The fourth-order valence-corrected chi connectivity index (χ4v) is 2.28. The summed E-state index contributed by atoms with van der Waals surface area (Å²) in [5.41, 5.74) is 1.06. The van der Waals surface area contributed by atoms with E-state index in [1.165, 1.54) is 6.20 Å². The van der Waals surface area contributed by atoms with Gasteiger partial charge in [-0.3, -0.25) is 14.7 Å². The van der Waals surface area contributed by atoms with Crippen molar-refractivity contribution < 1.29 is 4.79 Å². The fraction of sp³-hybridized carbons (Fsp3) is 0.438. The maximum atomic E-state index is 12.0. The topological polar surface area (TPSA) is 93.1 Å². The van der Waals surface area contributed by atoms with Crippen LogP contribution >= 0.6 is 0 Å². The third-order valence-electron chi connectivity index (χ3n) is 3.56. The highest BCUT2D eigenvalue weighted by molar-refractivity contribution is 5.97. The molecule has 1 saturated heterocycles. The summed E-state index contributed by atoms with van der Waals surface area (Å²) in [4.78, 5) is 18.3. The molecule has 0 unspecified atom stereocenters. The Labute approximate surface area is 136 Å². The summed E-state index contributed by atoms with van der Waals surface area (Å²) < 4.78 is 0. The van der Waals surface area contributed by atoms with Crippen molar-refractivity contribution in [2.24, 2.45) is 0 Å². The highest BCUT2D eigenvalue weighted by Crippen LogP contribution is 1.96. The molecule has 0 radical (unpaired) electrons. The molecule has 0 saturated carbocycles. The van der Waals surface area contributed by atoms with E-state index in [1.807, 2.05) is 18.2 Å². The van der Waals surface area contributed by atoms with Gasteiger partial charge in [-0.05, 0) is 11.6 Å². The lowest BCUT2D eigenvalue weighted by molar-refractivity contribution is -0.117. The molecule has 1 aliphatic heterocycles. The molecule has 1 aliphatic rings. The Morgan fingerprint density at radius 3 is 3.00 bits per heavy atom. The second-order valence-electron chi connectivity index (χ2n) is 5.26. The van der Waals surface area contributed by atoms with Crippen LogP contribution in [0.1, 0.15) is 5.56 Å². The van der Waals surface area contributed by atoms with E-state index in [2.05, 4.69) is 25.8 Å². The molecule has 2 rings (SSSR count). The number of hydrogen-bond donors (Lipinski definition) is 3. The number of amides is 1. The number of pyridine rings is 1. The van der Waals surface area contributed by atoms with Crippen molar-refractivity contribution >= 4 is 5.91 Å². The molecular formula is C16H22N6O. The van der Waals surface area contributed by atoms with Gasteiger partial charge in [0, 0.05) is 64.4 Å². The van der Waals surface area contributed by atoms with Crippen LogP contribution < -0.4 is 16.0 Å². The second-order valence-corrected chi connectivity index (χ2v) is 5.26. The Balaban J connectivity index is 1.72. The Bertz CT molecular complexity index is 560. The second kappa shape index (κ2) is 9.56. The summed E-state index contributed by atoms with van der Waals surface area (Å²) in [6, 6.07) is 5.69. The zero-order valence-corrected chi connectivity index (χ0v) is 13.1. The van der Waals surface area contributed by atoms with Crippen molar-refractivity contribution in [2.75, 3.05) is 39.3 Å². The van der Waals surface area contributed by atoms with Crippen LogP contribution in [-0.2, 0) is 11.3 Å².